The number of carbonyl (C=O) groups excluding carboxylic acids is 4. The number of esters is 2. The lowest BCUT2D eigenvalue weighted by Crippen LogP contribution is -2.19. The first-order valence-electron chi connectivity index (χ1n) is 6.97. The van der Waals surface area contributed by atoms with Crippen molar-refractivity contribution >= 4 is 23.6 Å². The van der Waals surface area contributed by atoms with E-state index in [1.54, 1.807) is 12.1 Å². The predicted molar refractivity (Wildman–Crippen MR) is 72.9 cm³/mol. The van der Waals surface area contributed by atoms with E-state index in [1.807, 2.05) is 0 Å². The minimum Gasteiger partial charge on any atom is -0.386 e. The second kappa shape index (κ2) is 4.37. The third-order valence-corrected chi connectivity index (χ3v) is 4.38. The highest BCUT2D eigenvalue weighted by Gasteiger charge is 2.43. The van der Waals surface area contributed by atoms with Crippen LogP contribution in [-0.2, 0) is 14.3 Å². The highest BCUT2D eigenvalue weighted by Crippen LogP contribution is 2.40. The number of hydrogen-bond donors (Lipinski definition) is 1. The maximum Gasteiger partial charge on any atom is 0.346 e. The fourth-order valence-corrected chi connectivity index (χ4v) is 3.34. The van der Waals surface area contributed by atoms with Gasteiger partial charge in [-0.2, -0.15) is 0 Å². The number of rotatable bonds is 1. The third kappa shape index (κ3) is 1.73. The first-order chi connectivity index (χ1) is 10.5. The SMILES string of the molecule is O=C1CC=C2NC(=O)C(c3ccc4c(c3)C(=O)OC4=O)C2C1. The second-order valence-electron chi connectivity index (χ2n) is 5.66. The van der Waals surface area contributed by atoms with Crippen LogP contribution in [0.3, 0.4) is 0 Å². The molecule has 2 atom stereocenters. The van der Waals surface area contributed by atoms with Gasteiger partial charge in [0.2, 0.25) is 5.91 Å². The number of hydrogen-bond acceptors (Lipinski definition) is 5. The van der Waals surface area contributed by atoms with Crippen LogP contribution in [0.4, 0.5) is 0 Å². The topological polar surface area (TPSA) is 89.5 Å². The van der Waals surface area contributed by atoms with Crippen LogP contribution in [0.1, 0.15) is 45.0 Å². The highest BCUT2D eigenvalue weighted by atomic mass is 16.6. The van der Waals surface area contributed by atoms with Gasteiger partial charge in [0.15, 0.2) is 0 Å². The molecular weight excluding hydrogens is 286 g/mol. The molecule has 0 bridgehead atoms. The van der Waals surface area contributed by atoms with Gasteiger partial charge in [-0.1, -0.05) is 12.1 Å². The van der Waals surface area contributed by atoms with Crippen molar-refractivity contribution < 1.29 is 23.9 Å². The van der Waals surface area contributed by atoms with E-state index in [0.29, 0.717) is 18.4 Å². The number of nitrogens with one attached hydrogen (secondary N) is 1. The van der Waals surface area contributed by atoms with Crippen molar-refractivity contribution in [3.05, 3.63) is 46.7 Å². The van der Waals surface area contributed by atoms with Crippen molar-refractivity contribution in [2.45, 2.75) is 18.8 Å². The smallest absolute Gasteiger partial charge is 0.346 e. The molecule has 0 radical (unpaired) electrons. The molecule has 3 aliphatic rings. The van der Waals surface area contributed by atoms with Crippen molar-refractivity contribution in [2.75, 3.05) is 0 Å². The molecule has 22 heavy (non-hydrogen) atoms. The summed E-state index contributed by atoms with van der Waals surface area (Å²) in [5.41, 5.74) is 1.78. The fourth-order valence-electron chi connectivity index (χ4n) is 3.34. The van der Waals surface area contributed by atoms with Crippen molar-refractivity contribution in [1.29, 1.82) is 0 Å². The Balaban J connectivity index is 1.77. The van der Waals surface area contributed by atoms with Gasteiger partial charge in [-0.05, 0) is 17.7 Å². The Kier molecular flexibility index (Phi) is 2.57. The quantitative estimate of drug-likeness (QED) is 0.618. The second-order valence-corrected chi connectivity index (χ2v) is 5.66. The van der Waals surface area contributed by atoms with Gasteiger partial charge >= 0.3 is 11.9 Å². The molecule has 2 aliphatic heterocycles. The number of fused-ring (bicyclic) bond motifs is 2. The van der Waals surface area contributed by atoms with E-state index in [-0.39, 0.29) is 28.7 Å². The summed E-state index contributed by atoms with van der Waals surface area (Å²) < 4.78 is 4.56. The lowest BCUT2D eigenvalue weighted by atomic mass is 9.80. The lowest BCUT2D eigenvalue weighted by molar-refractivity contribution is -0.121. The van der Waals surface area contributed by atoms with Gasteiger partial charge in [-0.3, -0.25) is 9.59 Å². The van der Waals surface area contributed by atoms with Gasteiger partial charge in [-0.25, -0.2) is 9.59 Å². The van der Waals surface area contributed by atoms with Crippen LogP contribution in [0, 0.1) is 5.92 Å². The van der Waals surface area contributed by atoms with Crippen LogP contribution in [0.15, 0.2) is 30.0 Å². The predicted octanol–water partition coefficient (Wildman–Crippen LogP) is 1.07. The van der Waals surface area contributed by atoms with Gasteiger partial charge in [0.25, 0.3) is 0 Å². The number of allylic oxidation sites excluding steroid dienone is 2. The van der Waals surface area contributed by atoms with Crippen LogP contribution in [0.5, 0.6) is 0 Å². The molecule has 0 spiro atoms. The van der Waals surface area contributed by atoms with E-state index >= 15 is 0 Å². The molecule has 1 N–H and O–H groups in total. The van der Waals surface area contributed by atoms with E-state index in [2.05, 4.69) is 10.1 Å². The largest absolute Gasteiger partial charge is 0.386 e. The summed E-state index contributed by atoms with van der Waals surface area (Å²) in [6.45, 7) is 0. The molecule has 2 heterocycles. The Labute approximate surface area is 125 Å². The number of Topliss-reactive ketones (excluding diaryl/α,β-unsaturated/α-hetero) is 1. The molecule has 1 aromatic carbocycles. The highest BCUT2D eigenvalue weighted by molar-refractivity contribution is 6.14. The average Bonchev–Trinajstić information content (AvgIpc) is 2.95. The molecule has 1 aliphatic carbocycles. The summed E-state index contributed by atoms with van der Waals surface area (Å²) in [5, 5.41) is 2.80. The minimum atomic E-state index is -0.698. The Morgan fingerprint density at radius 1 is 1.05 bits per heavy atom. The zero-order valence-corrected chi connectivity index (χ0v) is 11.4. The molecule has 110 valence electrons. The summed E-state index contributed by atoms with van der Waals surface area (Å²) >= 11 is 0. The summed E-state index contributed by atoms with van der Waals surface area (Å²) in [4.78, 5) is 47.0. The summed E-state index contributed by atoms with van der Waals surface area (Å²) in [6.07, 6.45) is 2.39. The number of ketones is 1. The standard InChI is InChI=1S/C16H11NO5/c18-8-2-4-12-11(6-8)13(14(19)17-12)7-1-3-9-10(5-7)16(21)22-15(9)20/h1,3-5,11,13H,2,6H2,(H,17,19). The van der Waals surface area contributed by atoms with Crippen LogP contribution < -0.4 is 5.32 Å². The summed E-state index contributed by atoms with van der Waals surface area (Å²) in [5.74, 6) is -2.22. The molecule has 1 aromatic rings. The summed E-state index contributed by atoms with van der Waals surface area (Å²) in [7, 11) is 0. The van der Waals surface area contributed by atoms with E-state index < -0.39 is 17.9 Å². The number of ether oxygens (including phenoxy) is 1. The fraction of sp³-hybridized carbons (Fsp3) is 0.250. The van der Waals surface area contributed by atoms with Crippen molar-refractivity contribution in [1.82, 2.24) is 5.32 Å². The van der Waals surface area contributed by atoms with Crippen LogP contribution in [-0.4, -0.2) is 23.6 Å². The molecule has 0 aromatic heterocycles. The summed E-state index contributed by atoms with van der Waals surface area (Å²) in [6, 6.07) is 4.66. The maximum atomic E-state index is 12.2. The minimum absolute atomic E-state index is 0.0889. The van der Waals surface area contributed by atoms with Gasteiger partial charge < -0.3 is 10.1 Å². The van der Waals surface area contributed by atoms with Crippen molar-refractivity contribution in [3.8, 4) is 0 Å². The van der Waals surface area contributed by atoms with Gasteiger partial charge in [0, 0.05) is 24.5 Å². The number of cyclic esters (lactones) is 2. The first kappa shape index (κ1) is 12.9. The normalized spacial score (nSPS) is 26.3. The van der Waals surface area contributed by atoms with Gasteiger partial charge in [0.1, 0.15) is 5.78 Å². The molecule has 0 saturated carbocycles. The van der Waals surface area contributed by atoms with E-state index in [9.17, 15) is 19.2 Å². The van der Waals surface area contributed by atoms with Gasteiger partial charge in [-0.15, -0.1) is 0 Å². The molecule has 6 nitrogen and oxygen atoms in total. The molecule has 6 heteroatoms. The third-order valence-electron chi connectivity index (χ3n) is 4.38. The van der Waals surface area contributed by atoms with Crippen LogP contribution in [0.25, 0.3) is 0 Å². The molecular formula is C16H11NO5. The zero-order chi connectivity index (χ0) is 15.4. The number of benzene rings is 1. The Bertz CT molecular complexity index is 792. The lowest BCUT2D eigenvalue weighted by Gasteiger charge is -2.20. The monoisotopic (exact) mass is 297 g/mol. The zero-order valence-electron chi connectivity index (χ0n) is 11.4. The molecule has 4 rings (SSSR count). The molecule has 1 amide bonds. The van der Waals surface area contributed by atoms with E-state index in [4.69, 9.17) is 0 Å². The van der Waals surface area contributed by atoms with Crippen molar-refractivity contribution in [2.24, 2.45) is 5.92 Å². The van der Waals surface area contributed by atoms with Crippen LogP contribution in [0.2, 0.25) is 0 Å². The molecule has 1 saturated heterocycles. The van der Waals surface area contributed by atoms with E-state index in [0.717, 1.165) is 5.70 Å². The molecule has 2 unspecified atom stereocenters. The van der Waals surface area contributed by atoms with Crippen molar-refractivity contribution in [3.63, 3.8) is 0 Å². The molecule has 1 fully saturated rings. The Hall–Kier alpha value is -2.76. The average molecular weight is 297 g/mol. The number of carbonyl (C=O) groups is 4. The Morgan fingerprint density at radius 3 is 2.64 bits per heavy atom. The van der Waals surface area contributed by atoms with E-state index in [1.165, 1.54) is 12.1 Å². The van der Waals surface area contributed by atoms with Crippen LogP contribution >= 0.6 is 0 Å². The first-order valence-corrected chi connectivity index (χ1v) is 6.97. The Morgan fingerprint density at radius 2 is 1.82 bits per heavy atom. The van der Waals surface area contributed by atoms with Gasteiger partial charge in [0.05, 0.1) is 17.0 Å². The maximum absolute atomic E-state index is 12.2. The number of amides is 1.